The van der Waals surface area contributed by atoms with Crippen LogP contribution in [0.3, 0.4) is 0 Å². The minimum atomic E-state index is -0.801. The van der Waals surface area contributed by atoms with Gasteiger partial charge in [0.1, 0.15) is 11.7 Å². The normalized spacial score (nSPS) is 11.3. The maximum Gasteiger partial charge on any atom is 0.237 e. The van der Waals surface area contributed by atoms with E-state index in [2.05, 4.69) is 5.32 Å². The summed E-state index contributed by atoms with van der Waals surface area (Å²) in [6.07, 6.45) is 0.287. The van der Waals surface area contributed by atoms with Crippen molar-refractivity contribution in [2.75, 3.05) is 20.8 Å². The molecular weight excluding hydrogens is 392 g/mol. The van der Waals surface area contributed by atoms with Crippen LogP contribution < -0.4 is 19.5 Å². The third kappa shape index (κ3) is 6.03. The number of amides is 1. The minimum Gasteiger partial charge on any atom is -0.494 e. The van der Waals surface area contributed by atoms with Gasteiger partial charge in [-0.3, -0.25) is 4.79 Å². The molecule has 6 nitrogen and oxygen atoms in total. The van der Waals surface area contributed by atoms with E-state index >= 15 is 0 Å². The third-order valence-electron chi connectivity index (χ3n) is 4.47. The van der Waals surface area contributed by atoms with Gasteiger partial charge in [0, 0.05) is 18.0 Å². The number of ether oxygens (including phenoxy) is 3. The fourth-order valence-electron chi connectivity index (χ4n) is 2.84. The van der Waals surface area contributed by atoms with Crippen LogP contribution >= 0.6 is 11.6 Å². The number of methoxy groups -OCH3 is 2. The van der Waals surface area contributed by atoms with Gasteiger partial charge in [0.25, 0.3) is 0 Å². The first kappa shape index (κ1) is 22.4. The van der Waals surface area contributed by atoms with Crippen LogP contribution in [0.1, 0.15) is 23.1 Å². The number of nitrogens with one attached hydrogen (secondary N) is 1. The van der Waals surface area contributed by atoms with Gasteiger partial charge >= 0.3 is 0 Å². The van der Waals surface area contributed by atoms with E-state index in [1.807, 2.05) is 38.1 Å². The molecule has 2 rings (SSSR count). The van der Waals surface area contributed by atoms with E-state index in [9.17, 15) is 10.1 Å². The van der Waals surface area contributed by atoms with Crippen LogP contribution in [0, 0.1) is 31.1 Å². The van der Waals surface area contributed by atoms with Crippen LogP contribution in [0.15, 0.2) is 30.3 Å². The lowest BCUT2D eigenvalue weighted by atomic mass is 10.1. The molecule has 0 aliphatic rings. The van der Waals surface area contributed by atoms with E-state index in [4.69, 9.17) is 25.8 Å². The van der Waals surface area contributed by atoms with Gasteiger partial charge in [-0.05, 0) is 54.8 Å². The molecule has 7 heteroatoms. The third-order valence-corrected chi connectivity index (χ3v) is 5.07. The monoisotopic (exact) mass is 416 g/mol. The first-order valence-corrected chi connectivity index (χ1v) is 9.55. The molecular formula is C22H25ClN2O4. The summed E-state index contributed by atoms with van der Waals surface area (Å²) in [5, 5.41) is 12.8. The Balaban J connectivity index is 1.88. The van der Waals surface area contributed by atoms with Crippen molar-refractivity contribution in [1.29, 1.82) is 5.26 Å². The Morgan fingerprint density at radius 1 is 1.14 bits per heavy atom. The van der Waals surface area contributed by atoms with Crippen LogP contribution in [0.2, 0.25) is 5.02 Å². The summed E-state index contributed by atoms with van der Waals surface area (Å²) in [6, 6.07) is 11.1. The van der Waals surface area contributed by atoms with Crippen molar-refractivity contribution in [3.05, 3.63) is 52.0 Å². The molecule has 0 saturated carbocycles. The van der Waals surface area contributed by atoms with Crippen molar-refractivity contribution in [3.63, 3.8) is 0 Å². The predicted molar refractivity (Wildman–Crippen MR) is 112 cm³/mol. The molecule has 0 saturated heterocycles. The molecule has 0 aliphatic carbocycles. The molecule has 0 fully saturated rings. The number of halogens is 1. The van der Waals surface area contributed by atoms with Crippen molar-refractivity contribution in [3.8, 4) is 23.3 Å². The Labute approximate surface area is 176 Å². The summed E-state index contributed by atoms with van der Waals surface area (Å²) in [5.74, 6) is 0.728. The van der Waals surface area contributed by atoms with Crippen LogP contribution in [0.5, 0.6) is 17.2 Å². The summed E-state index contributed by atoms with van der Waals surface area (Å²) < 4.78 is 16.2. The second-order valence-electron chi connectivity index (χ2n) is 6.60. The van der Waals surface area contributed by atoms with Crippen molar-refractivity contribution in [1.82, 2.24) is 5.32 Å². The smallest absolute Gasteiger partial charge is 0.237 e. The number of carbonyl (C=O) groups excluding carboxylic acids is 1. The van der Waals surface area contributed by atoms with Crippen molar-refractivity contribution < 1.29 is 19.0 Å². The fourth-order valence-corrected chi connectivity index (χ4v) is 2.95. The summed E-state index contributed by atoms with van der Waals surface area (Å²) in [5.41, 5.74) is 2.69. The van der Waals surface area contributed by atoms with Gasteiger partial charge in [0.05, 0.1) is 26.9 Å². The molecule has 0 radical (unpaired) electrons. The van der Waals surface area contributed by atoms with Gasteiger partial charge in [-0.1, -0.05) is 17.7 Å². The Bertz CT molecular complexity index is 885. The number of hydrogen-bond donors (Lipinski definition) is 1. The second kappa shape index (κ2) is 10.6. The molecule has 0 aromatic heterocycles. The van der Waals surface area contributed by atoms with Gasteiger partial charge in [-0.15, -0.1) is 0 Å². The summed E-state index contributed by atoms with van der Waals surface area (Å²) in [4.78, 5) is 12.4. The van der Waals surface area contributed by atoms with E-state index in [0.717, 1.165) is 16.7 Å². The zero-order valence-corrected chi connectivity index (χ0v) is 17.8. The van der Waals surface area contributed by atoms with Crippen LogP contribution in [-0.4, -0.2) is 26.7 Å². The van der Waals surface area contributed by atoms with Crippen LogP contribution in [-0.2, 0) is 11.3 Å². The molecule has 1 amide bonds. The Hall–Kier alpha value is -2.91. The molecule has 29 heavy (non-hydrogen) atoms. The highest BCUT2D eigenvalue weighted by Gasteiger charge is 2.18. The van der Waals surface area contributed by atoms with Gasteiger partial charge in [-0.25, -0.2) is 0 Å². The quantitative estimate of drug-likeness (QED) is 0.662. The van der Waals surface area contributed by atoms with E-state index in [1.165, 1.54) is 0 Å². The Kier molecular flexibility index (Phi) is 8.17. The zero-order valence-electron chi connectivity index (χ0n) is 17.0. The van der Waals surface area contributed by atoms with E-state index in [-0.39, 0.29) is 25.5 Å². The van der Waals surface area contributed by atoms with Gasteiger partial charge < -0.3 is 19.5 Å². The number of rotatable bonds is 9. The van der Waals surface area contributed by atoms with Gasteiger partial charge in [0.15, 0.2) is 11.5 Å². The topological polar surface area (TPSA) is 80.6 Å². The Morgan fingerprint density at radius 3 is 2.38 bits per heavy atom. The largest absolute Gasteiger partial charge is 0.494 e. The lowest BCUT2D eigenvalue weighted by molar-refractivity contribution is -0.123. The number of carbonyl (C=O) groups is 1. The van der Waals surface area contributed by atoms with E-state index in [1.54, 1.807) is 26.4 Å². The summed E-state index contributed by atoms with van der Waals surface area (Å²) in [7, 11) is 3.11. The maximum absolute atomic E-state index is 12.4. The molecule has 1 N–H and O–H groups in total. The number of nitrogens with zero attached hydrogens (tertiary/aromatic N) is 1. The molecule has 1 atom stereocenters. The molecule has 2 aromatic rings. The molecule has 0 heterocycles. The summed E-state index contributed by atoms with van der Waals surface area (Å²) >= 11 is 6.15. The van der Waals surface area contributed by atoms with Crippen LogP contribution in [0.25, 0.3) is 0 Å². The highest BCUT2D eigenvalue weighted by atomic mass is 35.5. The van der Waals surface area contributed by atoms with E-state index < -0.39 is 5.92 Å². The van der Waals surface area contributed by atoms with Gasteiger partial charge in [0.2, 0.25) is 5.91 Å². The number of nitriles is 1. The zero-order chi connectivity index (χ0) is 21.4. The average molecular weight is 417 g/mol. The SMILES string of the molecule is COc1ccc(CNC(=O)C(C#N)CCOc2cc(C)c(Cl)c(C)c2)cc1OC. The lowest BCUT2D eigenvalue weighted by Gasteiger charge is -2.13. The molecule has 0 spiro atoms. The van der Waals surface area contributed by atoms with E-state index in [0.29, 0.717) is 22.3 Å². The van der Waals surface area contributed by atoms with Gasteiger partial charge in [-0.2, -0.15) is 5.26 Å². The first-order chi connectivity index (χ1) is 13.9. The Morgan fingerprint density at radius 2 is 1.79 bits per heavy atom. The highest BCUT2D eigenvalue weighted by molar-refractivity contribution is 6.32. The molecule has 0 aliphatic heterocycles. The average Bonchev–Trinajstić information content (AvgIpc) is 2.72. The maximum atomic E-state index is 12.4. The molecule has 2 aromatic carbocycles. The molecule has 0 bridgehead atoms. The fraction of sp³-hybridized carbons (Fsp3) is 0.364. The molecule has 1 unspecified atom stereocenters. The predicted octanol–water partition coefficient (Wildman–Crippen LogP) is 4.20. The van der Waals surface area contributed by atoms with Crippen LogP contribution in [0.4, 0.5) is 0 Å². The standard InChI is InChI=1S/C22H25ClN2O4/c1-14-9-18(10-15(2)21(14)23)29-8-7-17(12-24)22(26)25-13-16-5-6-19(27-3)20(11-16)28-4/h5-6,9-11,17H,7-8,13H2,1-4H3,(H,25,26). The minimum absolute atomic E-state index is 0.252. The van der Waals surface area contributed by atoms with Crippen molar-refractivity contribution in [2.45, 2.75) is 26.8 Å². The number of benzene rings is 2. The number of aryl methyl sites for hydroxylation is 2. The lowest BCUT2D eigenvalue weighted by Crippen LogP contribution is -2.30. The van der Waals surface area contributed by atoms with Crippen molar-refractivity contribution in [2.24, 2.45) is 5.92 Å². The summed E-state index contributed by atoms with van der Waals surface area (Å²) in [6.45, 7) is 4.35. The van der Waals surface area contributed by atoms with Crippen molar-refractivity contribution >= 4 is 17.5 Å². The highest BCUT2D eigenvalue weighted by Crippen LogP contribution is 2.28. The number of hydrogen-bond acceptors (Lipinski definition) is 5. The first-order valence-electron chi connectivity index (χ1n) is 9.17. The molecule has 154 valence electrons. The second-order valence-corrected chi connectivity index (χ2v) is 6.97.